The number of para-hydroxylation sites is 1. The zero-order chi connectivity index (χ0) is 22.5. The third-order valence-electron chi connectivity index (χ3n) is 7.21. The zero-order valence-corrected chi connectivity index (χ0v) is 19.0. The SMILES string of the molecule is CC1(C)C[C@@H]2C[C@@](C)(C[NH+]2Cn2c(O)c(N=NC(=O)c3ccccc3)c3ccccc32)C1. The second-order valence-corrected chi connectivity index (χ2v) is 10.7. The molecular formula is C26H31N4O2+. The number of amides is 1. The molecule has 1 aliphatic carbocycles. The molecule has 32 heavy (non-hydrogen) atoms. The van der Waals surface area contributed by atoms with E-state index in [4.69, 9.17) is 0 Å². The predicted octanol–water partition coefficient (Wildman–Crippen LogP) is 4.71. The maximum atomic E-state index is 12.4. The minimum absolute atomic E-state index is 0.0779. The summed E-state index contributed by atoms with van der Waals surface area (Å²) in [5, 5.41) is 20.1. The van der Waals surface area contributed by atoms with Crippen LogP contribution < -0.4 is 4.90 Å². The first-order valence-corrected chi connectivity index (χ1v) is 11.4. The van der Waals surface area contributed by atoms with Crippen LogP contribution in [0.5, 0.6) is 5.88 Å². The van der Waals surface area contributed by atoms with E-state index in [1.165, 1.54) is 24.2 Å². The van der Waals surface area contributed by atoms with Gasteiger partial charge in [-0.25, -0.2) is 0 Å². The second kappa shape index (κ2) is 7.55. The van der Waals surface area contributed by atoms with Crippen LogP contribution in [0.4, 0.5) is 5.69 Å². The summed E-state index contributed by atoms with van der Waals surface area (Å²) in [5.41, 5.74) is 2.47. The summed E-state index contributed by atoms with van der Waals surface area (Å²) in [6, 6.07) is 17.3. The van der Waals surface area contributed by atoms with Crippen molar-refractivity contribution >= 4 is 22.5 Å². The third kappa shape index (κ3) is 3.73. The normalized spacial score (nSPS) is 26.7. The van der Waals surface area contributed by atoms with Crippen molar-refractivity contribution in [1.29, 1.82) is 0 Å². The molecule has 1 aromatic heterocycles. The minimum Gasteiger partial charge on any atom is -0.493 e. The molecule has 1 amide bonds. The van der Waals surface area contributed by atoms with Crippen molar-refractivity contribution in [3.8, 4) is 5.88 Å². The van der Waals surface area contributed by atoms with Crippen molar-refractivity contribution in [2.24, 2.45) is 21.1 Å². The van der Waals surface area contributed by atoms with E-state index >= 15 is 0 Å². The van der Waals surface area contributed by atoms with Crippen molar-refractivity contribution < 1.29 is 14.8 Å². The lowest BCUT2D eigenvalue weighted by Gasteiger charge is -2.37. The highest BCUT2D eigenvalue weighted by Crippen LogP contribution is 2.47. The summed E-state index contributed by atoms with van der Waals surface area (Å²) < 4.78 is 1.95. The van der Waals surface area contributed by atoms with Crippen LogP contribution in [0.1, 0.15) is 50.4 Å². The van der Waals surface area contributed by atoms with Gasteiger partial charge in [0.15, 0.2) is 12.4 Å². The summed E-state index contributed by atoms with van der Waals surface area (Å²) >= 11 is 0. The molecule has 1 unspecified atom stereocenters. The Morgan fingerprint density at radius 3 is 2.59 bits per heavy atom. The van der Waals surface area contributed by atoms with E-state index in [2.05, 4.69) is 31.0 Å². The Kier molecular flexibility index (Phi) is 4.93. The van der Waals surface area contributed by atoms with Gasteiger partial charge >= 0.3 is 0 Å². The van der Waals surface area contributed by atoms with Crippen molar-refractivity contribution in [2.45, 2.75) is 52.7 Å². The maximum Gasteiger partial charge on any atom is 0.295 e. The predicted molar refractivity (Wildman–Crippen MR) is 124 cm³/mol. The van der Waals surface area contributed by atoms with Crippen LogP contribution in [0.2, 0.25) is 0 Å². The van der Waals surface area contributed by atoms with E-state index in [1.54, 1.807) is 24.3 Å². The van der Waals surface area contributed by atoms with E-state index in [9.17, 15) is 9.90 Å². The average molecular weight is 432 g/mol. The van der Waals surface area contributed by atoms with Gasteiger partial charge in [-0.3, -0.25) is 9.36 Å². The molecule has 2 bridgehead atoms. The molecule has 2 aromatic carbocycles. The van der Waals surface area contributed by atoms with E-state index in [-0.39, 0.29) is 5.88 Å². The van der Waals surface area contributed by atoms with Gasteiger partial charge in [0, 0.05) is 29.2 Å². The van der Waals surface area contributed by atoms with Crippen molar-refractivity contribution in [3.63, 3.8) is 0 Å². The Morgan fingerprint density at radius 1 is 1.09 bits per heavy atom. The Bertz CT molecular complexity index is 1200. The monoisotopic (exact) mass is 431 g/mol. The van der Waals surface area contributed by atoms with Gasteiger partial charge in [-0.1, -0.05) is 57.2 Å². The molecule has 6 heteroatoms. The molecule has 3 aromatic rings. The molecule has 0 spiro atoms. The highest BCUT2D eigenvalue weighted by molar-refractivity contribution is 5.97. The fourth-order valence-electron chi connectivity index (χ4n) is 6.40. The molecule has 2 aliphatic rings. The van der Waals surface area contributed by atoms with E-state index in [0.717, 1.165) is 17.4 Å². The lowest BCUT2D eigenvalue weighted by atomic mass is 9.65. The highest BCUT2D eigenvalue weighted by atomic mass is 16.3. The fourth-order valence-corrected chi connectivity index (χ4v) is 6.40. The van der Waals surface area contributed by atoms with Gasteiger partial charge in [0.2, 0.25) is 5.88 Å². The summed E-state index contributed by atoms with van der Waals surface area (Å²) in [4.78, 5) is 13.9. The maximum absolute atomic E-state index is 12.4. The number of aromatic hydroxyl groups is 1. The molecule has 1 saturated carbocycles. The third-order valence-corrected chi connectivity index (χ3v) is 7.21. The molecule has 6 nitrogen and oxygen atoms in total. The van der Waals surface area contributed by atoms with Crippen LogP contribution in [0.15, 0.2) is 64.8 Å². The number of quaternary nitrogens is 1. The Labute approximate surface area is 188 Å². The van der Waals surface area contributed by atoms with Crippen molar-refractivity contribution in [3.05, 3.63) is 60.2 Å². The van der Waals surface area contributed by atoms with Crippen LogP contribution in [-0.4, -0.2) is 28.2 Å². The second-order valence-electron chi connectivity index (χ2n) is 10.7. The first-order chi connectivity index (χ1) is 15.2. The number of fused-ring (bicyclic) bond motifs is 3. The highest BCUT2D eigenvalue weighted by Gasteiger charge is 2.52. The molecule has 2 heterocycles. The number of aromatic nitrogens is 1. The summed E-state index contributed by atoms with van der Waals surface area (Å²) in [6.45, 7) is 8.97. The average Bonchev–Trinajstić information content (AvgIpc) is 3.15. The van der Waals surface area contributed by atoms with Crippen molar-refractivity contribution in [2.75, 3.05) is 6.54 Å². The van der Waals surface area contributed by atoms with Gasteiger partial charge in [0.1, 0.15) is 0 Å². The molecule has 5 rings (SSSR count). The quantitative estimate of drug-likeness (QED) is 0.587. The van der Waals surface area contributed by atoms with Gasteiger partial charge in [-0.2, -0.15) is 0 Å². The molecule has 2 fully saturated rings. The van der Waals surface area contributed by atoms with E-state index in [1.807, 2.05) is 34.9 Å². The molecule has 1 saturated heterocycles. The van der Waals surface area contributed by atoms with Gasteiger partial charge in [0.25, 0.3) is 5.91 Å². The lowest BCUT2D eigenvalue weighted by Crippen LogP contribution is -3.13. The molecule has 166 valence electrons. The number of likely N-dealkylation sites (tertiary alicyclic amines) is 1. The number of nitrogens with one attached hydrogen (secondary N) is 1. The van der Waals surface area contributed by atoms with Crippen LogP contribution in [0.3, 0.4) is 0 Å². The molecule has 3 atom stereocenters. The smallest absolute Gasteiger partial charge is 0.295 e. The van der Waals surface area contributed by atoms with E-state index < -0.39 is 5.91 Å². The molecule has 2 N–H and O–H groups in total. The Hall–Kier alpha value is -2.99. The number of nitrogens with zero attached hydrogens (tertiary/aromatic N) is 3. The summed E-state index contributed by atoms with van der Waals surface area (Å²) in [7, 11) is 0. The van der Waals surface area contributed by atoms with Gasteiger partial charge in [-0.15, -0.1) is 10.2 Å². The lowest BCUT2D eigenvalue weighted by molar-refractivity contribution is -0.936. The number of rotatable bonds is 4. The van der Waals surface area contributed by atoms with Crippen LogP contribution >= 0.6 is 0 Å². The standard InChI is InChI=1S/C26H30N4O2/c1-25(2)13-19-14-26(3,15-25)16-29(19)17-30-21-12-8-7-11-20(21)22(24(30)32)27-28-23(31)18-9-5-4-6-10-18/h4-12,19,32H,13-17H2,1-3H3/p+1/t19-,26-/m1/s1. The number of carbonyl (C=O) groups is 1. The zero-order valence-electron chi connectivity index (χ0n) is 19.0. The number of azo groups is 1. The van der Waals surface area contributed by atoms with E-state index in [0.29, 0.717) is 34.8 Å². The first kappa shape index (κ1) is 20.9. The minimum atomic E-state index is -0.420. The number of carbonyl (C=O) groups excluding carboxylic acids is 1. The summed E-state index contributed by atoms with van der Waals surface area (Å²) in [5.74, 6) is -0.342. The largest absolute Gasteiger partial charge is 0.493 e. The Balaban J connectivity index is 1.47. The Morgan fingerprint density at radius 2 is 1.81 bits per heavy atom. The van der Waals surface area contributed by atoms with Crippen LogP contribution in [0, 0.1) is 10.8 Å². The fraction of sp³-hybridized carbons (Fsp3) is 0.423. The summed E-state index contributed by atoms with van der Waals surface area (Å²) in [6.07, 6.45) is 3.69. The molecule has 1 aliphatic heterocycles. The molecular weight excluding hydrogens is 400 g/mol. The first-order valence-electron chi connectivity index (χ1n) is 11.4. The molecule has 0 radical (unpaired) electrons. The van der Waals surface area contributed by atoms with Gasteiger partial charge < -0.3 is 10.0 Å². The van der Waals surface area contributed by atoms with Gasteiger partial charge in [0.05, 0.1) is 18.1 Å². The van der Waals surface area contributed by atoms with Crippen LogP contribution in [-0.2, 0) is 6.67 Å². The topological polar surface area (TPSA) is 71.4 Å². The number of hydrogen-bond acceptors (Lipinski definition) is 3. The number of benzene rings is 2. The van der Waals surface area contributed by atoms with Crippen LogP contribution in [0.25, 0.3) is 10.9 Å². The van der Waals surface area contributed by atoms with Crippen molar-refractivity contribution in [1.82, 2.24) is 4.57 Å². The van der Waals surface area contributed by atoms with Gasteiger partial charge in [-0.05, 0) is 30.0 Å². The number of hydrogen-bond donors (Lipinski definition) is 2.